The van der Waals surface area contributed by atoms with Crippen molar-refractivity contribution in [2.45, 2.75) is 37.7 Å². The van der Waals surface area contributed by atoms with E-state index in [1.807, 2.05) is 0 Å². The van der Waals surface area contributed by atoms with Gasteiger partial charge < -0.3 is 5.11 Å². The quantitative estimate of drug-likeness (QED) is 0.760. The molecule has 3 atom stereocenters. The molecule has 0 heterocycles. The highest BCUT2D eigenvalue weighted by Crippen LogP contribution is 2.41. The summed E-state index contributed by atoms with van der Waals surface area (Å²) >= 11 is 0. The topological polar surface area (TPSA) is 20.2 Å². The molecule has 1 aromatic carbocycles. The van der Waals surface area contributed by atoms with Gasteiger partial charge in [0.15, 0.2) is 0 Å². The van der Waals surface area contributed by atoms with Crippen molar-refractivity contribution in [2.24, 2.45) is 5.92 Å². The smallest absolute Gasteiger partial charge is 0.0577 e. The van der Waals surface area contributed by atoms with Crippen LogP contribution in [0.1, 0.15) is 42.7 Å². The summed E-state index contributed by atoms with van der Waals surface area (Å²) < 4.78 is 0. The second-order valence-corrected chi connectivity index (χ2v) is 5.03. The third-order valence-corrected chi connectivity index (χ3v) is 4.08. The van der Waals surface area contributed by atoms with E-state index >= 15 is 0 Å². The van der Waals surface area contributed by atoms with Gasteiger partial charge in [-0.2, -0.15) is 0 Å². The van der Waals surface area contributed by atoms with Crippen LogP contribution in [-0.4, -0.2) is 11.2 Å². The Kier molecular flexibility index (Phi) is 2.56. The van der Waals surface area contributed by atoms with Crippen LogP contribution in [0.25, 0.3) is 6.08 Å². The van der Waals surface area contributed by atoms with Gasteiger partial charge in [-0.1, -0.05) is 49.3 Å². The molecule has 84 valence electrons. The molecule has 0 radical (unpaired) electrons. The van der Waals surface area contributed by atoms with Gasteiger partial charge in [0.25, 0.3) is 0 Å². The van der Waals surface area contributed by atoms with Crippen molar-refractivity contribution < 1.29 is 5.11 Å². The lowest BCUT2D eigenvalue weighted by Crippen LogP contribution is -2.28. The summed E-state index contributed by atoms with van der Waals surface area (Å²) in [6.07, 6.45) is 9.01. The van der Waals surface area contributed by atoms with Crippen molar-refractivity contribution in [2.75, 3.05) is 0 Å². The number of fused-ring (bicyclic) bond motifs is 1. The fraction of sp³-hybridized carbons (Fsp3) is 0.467. The Balaban J connectivity index is 1.89. The first kappa shape index (κ1) is 10.1. The molecule has 1 fully saturated rings. The van der Waals surface area contributed by atoms with Crippen molar-refractivity contribution >= 4 is 6.08 Å². The summed E-state index contributed by atoms with van der Waals surface area (Å²) in [5.41, 5.74) is 2.75. The van der Waals surface area contributed by atoms with Crippen LogP contribution in [0.5, 0.6) is 0 Å². The molecule has 1 N–H and O–H groups in total. The van der Waals surface area contributed by atoms with E-state index in [9.17, 15) is 5.11 Å². The molecular weight excluding hydrogens is 196 g/mol. The third-order valence-electron chi connectivity index (χ3n) is 4.08. The first-order valence-electron chi connectivity index (χ1n) is 6.31. The minimum absolute atomic E-state index is 0.102. The number of allylic oxidation sites excluding steroid dienone is 1. The molecule has 1 nitrogen and oxygen atoms in total. The highest BCUT2D eigenvalue weighted by atomic mass is 16.3. The number of rotatable bonds is 1. The van der Waals surface area contributed by atoms with Crippen molar-refractivity contribution in [3.05, 3.63) is 41.5 Å². The van der Waals surface area contributed by atoms with Crippen LogP contribution < -0.4 is 0 Å². The Morgan fingerprint density at radius 1 is 1.06 bits per heavy atom. The summed E-state index contributed by atoms with van der Waals surface area (Å²) in [7, 11) is 0. The first-order valence-corrected chi connectivity index (χ1v) is 6.31. The Labute approximate surface area is 96.8 Å². The van der Waals surface area contributed by atoms with Crippen molar-refractivity contribution in [1.82, 2.24) is 0 Å². The molecule has 0 saturated heterocycles. The Bertz CT molecular complexity index is 408. The van der Waals surface area contributed by atoms with E-state index in [-0.39, 0.29) is 6.10 Å². The van der Waals surface area contributed by atoms with E-state index in [0.29, 0.717) is 11.8 Å². The molecule has 0 spiro atoms. The van der Waals surface area contributed by atoms with Gasteiger partial charge in [0.05, 0.1) is 6.10 Å². The Morgan fingerprint density at radius 2 is 1.88 bits per heavy atom. The lowest BCUT2D eigenvalue weighted by molar-refractivity contribution is 0.0629. The van der Waals surface area contributed by atoms with Crippen LogP contribution in [0, 0.1) is 5.92 Å². The Morgan fingerprint density at radius 3 is 2.75 bits per heavy atom. The molecular formula is C15H18O. The molecule has 0 amide bonds. The molecule has 2 aliphatic carbocycles. The normalized spacial score (nSPS) is 32.7. The maximum atomic E-state index is 10.1. The molecule has 0 bridgehead atoms. The van der Waals surface area contributed by atoms with Crippen molar-refractivity contribution in [1.29, 1.82) is 0 Å². The zero-order chi connectivity index (χ0) is 11.0. The van der Waals surface area contributed by atoms with E-state index in [1.165, 1.54) is 30.4 Å². The number of aliphatic hydroxyl groups excluding tert-OH is 1. The summed E-state index contributed by atoms with van der Waals surface area (Å²) in [5.74, 6) is 0.889. The molecule has 0 aliphatic heterocycles. The standard InChI is InChI=1S/C15H18O/c16-15-8-4-3-7-14(15)13-10-9-11-5-1-2-6-12(11)13/h1-2,5-6,9-10,13-16H,3-4,7-8H2/t13?,14-,15+/m0/s1. The number of aliphatic hydroxyl groups is 1. The predicted molar refractivity (Wildman–Crippen MR) is 66.2 cm³/mol. The number of benzene rings is 1. The van der Waals surface area contributed by atoms with Crippen molar-refractivity contribution in [3.8, 4) is 0 Å². The highest BCUT2D eigenvalue weighted by molar-refractivity contribution is 5.62. The molecule has 16 heavy (non-hydrogen) atoms. The SMILES string of the molecule is O[C@@H]1CCCC[C@H]1C1C=Cc2ccccc21. The minimum Gasteiger partial charge on any atom is -0.393 e. The van der Waals surface area contributed by atoms with Crippen LogP contribution in [0.15, 0.2) is 30.3 Å². The van der Waals surface area contributed by atoms with Gasteiger partial charge in [0, 0.05) is 5.92 Å². The van der Waals surface area contributed by atoms with Crippen LogP contribution in [0.4, 0.5) is 0 Å². The lowest BCUT2D eigenvalue weighted by Gasteiger charge is -2.32. The fourth-order valence-electron chi connectivity index (χ4n) is 3.21. The zero-order valence-corrected chi connectivity index (χ0v) is 9.47. The second-order valence-electron chi connectivity index (χ2n) is 5.03. The summed E-state index contributed by atoms with van der Waals surface area (Å²) in [5, 5.41) is 10.1. The van der Waals surface area contributed by atoms with Crippen LogP contribution in [0.2, 0.25) is 0 Å². The van der Waals surface area contributed by atoms with E-state index in [1.54, 1.807) is 0 Å². The second kappa shape index (κ2) is 4.06. The monoisotopic (exact) mass is 214 g/mol. The van der Waals surface area contributed by atoms with Crippen LogP contribution >= 0.6 is 0 Å². The third kappa shape index (κ3) is 1.60. The highest BCUT2D eigenvalue weighted by Gasteiger charge is 2.32. The molecule has 1 aromatic rings. The van der Waals surface area contributed by atoms with E-state index in [0.717, 1.165) is 6.42 Å². The maximum absolute atomic E-state index is 10.1. The average Bonchev–Trinajstić information content (AvgIpc) is 2.74. The number of hydrogen-bond donors (Lipinski definition) is 1. The zero-order valence-electron chi connectivity index (χ0n) is 9.47. The molecule has 1 unspecified atom stereocenters. The summed E-state index contributed by atoms with van der Waals surface area (Å²) in [4.78, 5) is 0. The largest absolute Gasteiger partial charge is 0.393 e. The average molecular weight is 214 g/mol. The van der Waals surface area contributed by atoms with Gasteiger partial charge >= 0.3 is 0 Å². The van der Waals surface area contributed by atoms with Crippen LogP contribution in [0.3, 0.4) is 0 Å². The molecule has 0 aromatic heterocycles. The fourth-order valence-corrected chi connectivity index (χ4v) is 3.21. The van der Waals surface area contributed by atoms with Gasteiger partial charge in [-0.3, -0.25) is 0 Å². The van der Waals surface area contributed by atoms with Gasteiger partial charge in [0.1, 0.15) is 0 Å². The Hall–Kier alpha value is -1.08. The molecule has 3 rings (SSSR count). The van der Waals surface area contributed by atoms with Crippen LogP contribution in [-0.2, 0) is 0 Å². The van der Waals surface area contributed by atoms with E-state index in [4.69, 9.17) is 0 Å². The van der Waals surface area contributed by atoms with E-state index in [2.05, 4.69) is 36.4 Å². The first-order chi connectivity index (χ1) is 7.86. The van der Waals surface area contributed by atoms with Gasteiger partial charge in [-0.05, 0) is 29.9 Å². The van der Waals surface area contributed by atoms with Gasteiger partial charge in [-0.25, -0.2) is 0 Å². The molecule has 1 saturated carbocycles. The predicted octanol–water partition coefficient (Wildman–Crippen LogP) is 3.35. The molecule has 1 heteroatoms. The number of hydrogen-bond acceptors (Lipinski definition) is 1. The van der Waals surface area contributed by atoms with E-state index < -0.39 is 0 Å². The van der Waals surface area contributed by atoms with Gasteiger partial charge in [0.2, 0.25) is 0 Å². The maximum Gasteiger partial charge on any atom is 0.0577 e. The summed E-state index contributed by atoms with van der Waals surface area (Å²) in [6, 6.07) is 8.57. The van der Waals surface area contributed by atoms with Crippen molar-refractivity contribution in [3.63, 3.8) is 0 Å². The molecule has 2 aliphatic rings. The minimum atomic E-state index is -0.102. The van der Waals surface area contributed by atoms with Gasteiger partial charge in [-0.15, -0.1) is 0 Å². The summed E-state index contributed by atoms with van der Waals surface area (Å²) in [6.45, 7) is 0. The lowest BCUT2D eigenvalue weighted by atomic mass is 9.76.